The first-order chi connectivity index (χ1) is 7.19. The summed E-state index contributed by atoms with van der Waals surface area (Å²) in [6.45, 7) is 0. The van der Waals surface area contributed by atoms with Crippen molar-refractivity contribution >= 4 is 0 Å². The number of hydrogen-bond acceptors (Lipinski definition) is 7. The number of rotatable bonds is 0. The van der Waals surface area contributed by atoms with Crippen molar-refractivity contribution in [3.63, 3.8) is 0 Å². The van der Waals surface area contributed by atoms with Gasteiger partial charge < -0.3 is 0 Å². The molecule has 0 aromatic heterocycles. The second-order valence-corrected chi connectivity index (χ2v) is 2.44. The van der Waals surface area contributed by atoms with Crippen LogP contribution in [0.15, 0.2) is 11.8 Å². The number of hydrazine groups is 1. The second kappa shape index (κ2) is 6.80. The Morgan fingerprint density at radius 3 is 1.82 bits per heavy atom. The van der Waals surface area contributed by atoms with Crippen molar-refractivity contribution in [1.29, 1.82) is 26.3 Å². The number of nitrogens with zero attached hydrogens (tertiary/aromatic N) is 7. The van der Waals surface area contributed by atoms with E-state index in [4.69, 9.17) is 26.3 Å². The third kappa shape index (κ3) is 2.36. The normalized spacial score (nSPS) is 14.4. The fourth-order valence-electron chi connectivity index (χ4n) is 1.10. The minimum absolute atomic E-state index is 0. The van der Waals surface area contributed by atoms with Gasteiger partial charge in [0.2, 0.25) is 12.4 Å². The minimum atomic E-state index is -2.03. The Morgan fingerprint density at radius 2 is 1.53 bits per heavy atom. The van der Waals surface area contributed by atoms with Gasteiger partial charge in [0, 0.05) is 0 Å². The molecule has 0 bridgehead atoms. The van der Waals surface area contributed by atoms with Gasteiger partial charge in [-0.05, 0) is 0 Å². The third-order valence-corrected chi connectivity index (χ3v) is 1.82. The number of hydrogen-bond donors (Lipinski definition) is 0. The molecule has 1 rings (SSSR count). The summed E-state index contributed by atoms with van der Waals surface area (Å²) in [4.78, 5) is 0. The van der Waals surface area contributed by atoms with Crippen LogP contribution in [0.2, 0.25) is 0 Å². The molecule has 0 aromatic rings. The smallest absolute Gasteiger partial charge is 0.194 e. The Kier molecular flexibility index (Phi) is 7.08. The first kappa shape index (κ1) is 17.7. The van der Waals surface area contributed by atoms with E-state index in [1.54, 1.807) is 24.4 Å². The van der Waals surface area contributed by atoms with Crippen LogP contribution in [0.25, 0.3) is 0 Å². The summed E-state index contributed by atoms with van der Waals surface area (Å²) >= 11 is 0. The van der Waals surface area contributed by atoms with Gasteiger partial charge in [0.1, 0.15) is 23.8 Å². The molecular formula is C8HFeN7Na+3. The van der Waals surface area contributed by atoms with Crippen molar-refractivity contribution < 1.29 is 46.6 Å². The second-order valence-electron chi connectivity index (χ2n) is 2.44. The van der Waals surface area contributed by atoms with Gasteiger partial charge in [-0.15, -0.1) is 0 Å². The van der Waals surface area contributed by atoms with E-state index in [9.17, 15) is 0 Å². The maximum absolute atomic E-state index is 8.84. The van der Waals surface area contributed by atoms with E-state index in [1.165, 1.54) is 6.19 Å². The molecule has 7 nitrogen and oxygen atoms in total. The predicted molar refractivity (Wildman–Crippen MR) is 42.6 cm³/mol. The van der Waals surface area contributed by atoms with Crippen LogP contribution in [0.3, 0.4) is 0 Å². The largest absolute Gasteiger partial charge is 2.00 e. The van der Waals surface area contributed by atoms with Crippen molar-refractivity contribution in [1.82, 2.24) is 10.0 Å². The van der Waals surface area contributed by atoms with Crippen LogP contribution in [0.5, 0.6) is 0 Å². The molecule has 0 fully saturated rings. The molecule has 0 saturated heterocycles. The quantitative estimate of drug-likeness (QED) is 0.334. The Labute approximate surface area is 130 Å². The molecule has 1 heterocycles. The van der Waals surface area contributed by atoms with Gasteiger partial charge >= 0.3 is 46.6 Å². The maximum Gasteiger partial charge on any atom is 2.00 e. The molecule has 0 aliphatic carbocycles. The first-order valence-electron chi connectivity index (χ1n) is 3.54. The molecule has 0 unspecified atom stereocenters. The summed E-state index contributed by atoms with van der Waals surface area (Å²) in [5.41, 5.74) is -2.28. The van der Waals surface area contributed by atoms with Crippen LogP contribution in [0, 0.1) is 56.9 Å². The van der Waals surface area contributed by atoms with E-state index in [2.05, 4.69) is 0 Å². The average Bonchev–Trinajstić information content (AvgIpc) is 2.61. The van der Waals surface area contributed by atoms with Gasteiger partial charge in [0.15, 0.2) is 0 Å². The van der Waals surface area contributed by atoms with Crippen molar-refractivity contribution in [2.24, 2.45) is 0 Å². The number of nitriles is 5. The van der Waals surface area contributed by atoms with Crippen LogP contribution in [0.1, 0.15) is 0 Å². The maximum atomic E-state index is 8.84. The zero-order chi connectivity index (χ0) is 11.5. The molecule has 0 radical (unpaired) electrons. The van der Waals surface area contributed by atoms with E-state index >= 15 is 0 Å². The standard InChI is InChI=1S/C8HN7.Fe.Na/c9-1-7-2-14(5-12)15(6-13)8(7,3-10)4-11;;/h2H;;/q;+2;+1. The van der Waals surface area contributed by atoms with E-state index in [1.807, 2.05) is 0 Å². The molecule has 0 N–H and O–H groups in total. The summed E-state index contributed by atoms with van der Waals surface area (Å²) in [6.07, 6.45) is 4.05. The molecule has 0 amide bonds. The summed E-state index contributed by atoms with van der Waals surface area (Å²) in [7, 11) is 0. The zero-order valence-electron chi connectivity index (χ0n) is 8.56. The summed E-state index contributed by atoms with van der Waals surface area (Å²) in [6, 6.07) is 4.72. The summed E-state index contributed by atoms with van der Waals surface area (Å²) < 4.78 is 0. The van der Waals surface area contributed by atoms with E-state index in [0.717, 1.165) is 6.20 Å². The summed E-state index contributed by atoms with van der Waals surface area (Å²) in [5, 5.41) is 44.9. The van der Waals surface area contributed by atoms with Gasteiger partial charge in [0.05, 0.1) is 6.20 Å². The van der Waals surface area contributed by atoms with E-state index < -0.39 is 5.54 Å². The predicted octanol–water partition coefficient (Wildman–Crippen LogP) is -3.32. The monoisotopic (exact) mass is 274 g/mol. The topological polar surface area (TPSA) is 125 Å². The van der Waals surface area contributed by atoms with Gasteiger partial charge in [-0.25, -0.2) is 0 Å². The van der Waals surface area contributed by atoms with Gasteiger partial charge in [0.25, 0.3) is 5.54 Å². The molecular weight excluding hydrogens is 273 g/mol. The van der Waals surface area contributed by atoms with Gasteiger partial charge in [-0.2, -0.15) is 36.3 Å². The van der Waals surface area contributed by atoms with Crippen molar-refractivity contribution in [2.75, 3.05) is 0 Å². The zero-order valence-corrected chi connectivity index (χ0v) is 11.7. The van der Waals surface area contributed by atoms with Crippen molar-refractivity contribution in [3.05, 3.63) is 11.8 Å². The molecule has 74 valence electrons. The Morgan fingerprint density at radius 1 is 1.00 bits per heavy atom. The van der Waals surface area contributed by atoms with Crippen molar-refractivity contribution in [2.45, 2.75) is 5.54 Å². The van der Waals surface area contributed by atoms with Gasteiger partial charge in [-0.3, -0.25) is 0 Å². The SMILES string of the molecule is N#CC1=CN(C#N)N(C#N)C1(C#N)C#N.[Fe+2].[Na+]. The van der Waals surface area contributed by atoms with Crippen LogP contribution in [0.4, 0.5) is 0 Å². The average molecular weight is 274 g/mol. The minimum Gasteiger partial charge on any atom is -0.194 e. The molecule has 1 aliphatic heterocycles. The third-order valence-electron chi connectivity index (χ3n) is 1.82. The van der Waals surface area contributed by atoms with E-state index in [0.29, 0.717) is 10.0 Å². The van der Waals surface area contributed by atoms with Crippen LogP contribution in [-0.2, 0) is 17.1 Å². The first-order valence-corrected chi connectivity index (χ1v) is 3.54. The van der Waals surface area contributed by atoms with Crippen LogP contribution in [-0.4, -0.2) is 15.6 Å². The molecule has 0 aromatic carbocycles. The van der Waals surface area contributed by atoms with Crippen LogP contribution >= 0.6 is 0 Å². The Balaban J connectivity index is 0. The summed E-state index contributed by atoms with van der Waals surface area (Å²) in [5.74, 6) is 0. The van der Waals surface area contributed by atoms with Gasteiger partial charge in [-0.1, -0.05) is 0 Å². The van der Waals surface area contributed by atoms with E-state index in [-0.39, 0.29) is 52.2 Å². The molecule has 17 heavy (non-hydrogen) atoms. The molecule has 9 heteroatoms. The Bertz CT molecular complexity index is 521. The molecule has 0 saturated carbocycles. The molecule has 0 atom stereocenters. The molecule has 1 aliphatic rings. The molecule has 0 spiro atoms. The fourth-order valence-corrected chi connectivity index (χ4v) is 1.10. The Hall–Kier alpha value is -1.69. The van der Waals surface area contributed by atoms with Crippen molar-refractivity contribution in [3.8, 4) is 30.6 Å². The van der Waals surface area contributed by atoms with Crippen LogP contribution < -0.4 is 29.6 Å². The fraction of sp³-hybridized carbons (Fsp3) is 0.125.